The summed E-state index contributed by atoms with van der Waals surface area (Å²) in [7, 11) is 0. The van der Waals surface area contributed by atoms with Crippen molar-refractivity contribution in [2.75, 3.05) is 13.1 Å². The zero-order valence-electron chi connectivity index (χ0n) is 15.3. The SMILES string of the molecule is CCCn1c(-c2ccc(C(=O)N3CCCCCC3)s2)nc2ccccc21. The van der Waals surface area contributed by atoms with Crippen LogP contribution in [-0.2, 0) is 6.54 Å². The number of nitrogens with zero attached hydrogens (tertiary/aromatic N) is 3. The largest absolute Gasteiger partial charge is 0.338 e. The van der Waals surface area contributed by atoms with Crippen LogP contribution in [0, 0.1) is 0 Å². The van der Waals surface area contributed by atoms with Gasteiger partial charge in [-0.05, 0) is 43.5 Å². The lowest BCUT2D eigenvalue weighted by Gasteiger charge is -2.19. The van der Waals surface area contributed by atoms with Crippen LogP contribution in [0.1, 0.15) is 48.7 Å². The Bertz CT molecular complexity index is 903. The molecule has 136 valence electrons. The van der Waals surface area contributed by atoms with Crippen LogP contribution in [0.2, 0.25) is 0 Å². The zero-order chi connectivity index (χ0) is 17.9. The fraction of sp³-hybridized carbons (Fsp3) is 0.429. The number of amides is 1. The van der Waals surface area contributed by atoms with E-state index >= 15 is 0 Å². The Kier molecular flexibility index (Phi) is 5.07. The summed E-state index contributed by atoms with van der Waals surface area (Å²) >= 11 is 1.58. The number of hydrogen-bond acceptors (Lipinski definition) is 3. The number of carbonyl (C=O) groups is 1. The second-order valence-electron chi connectivity index (χ2n) is 6.95. The molecule has 1 amide bonds. The predicted molar refractivity (Wildman–Crippen MR) is 108 cm³/mol. The molecule has 1 fully saturated rings. The smallest absolute Gasteiger partial charge is 0.263 e. The van der Waals surface area contributed by atoms with Crippen molar-refractivity contribution in [2.45, 2.75) is 45.6 Å². The summed E-state index contributed by atoms with van der Waals surface area (Å²) in [5, 5.41) is 0. The molecule has 0 aliphatic carbocycles. The van der Waals surface area contributed by atoms with E-state index < -0.39 is 0 Å². The molecule has 0 saturated carbocycles. The minimum atomic E-state index is 0.182. The number of fused-ring (bicyclic) bond motifs is 1. The molecule has 0 bridgehead atoms. The molecule has 5 heteroatoms. The van der Waals surface area contributed by atoms with Gasteiger partial charge < -0.3 is 9.47 Å². The number of para-hydroxylation sites is 2. The Balaban J connectivity index is 1.66. The molecule has 4 nitrogen and oxygen atoms in total. The summed E-state index contributed by atoms with van der Waals surface area (Å²) in [5.74, 6) is 1.16. The van der Waals surface area contributed by atoms with Crippen molar-refractivity contribution in [1.29, 1.82) is 0 Å². The fourth-order valence-electron chi connectivity index (χ4n) is 3.72. The van der Waals surface area contributed by atoms with Gasteiger partial charge >= 0.3 is 0 Å². The molecule has 0 unspecified atom stereocenters. The van der Waals surface area contributed by atoms with Crippen molar-refractivity contribution in [3.63, 3.8) is 0 Å². The van der Waals surface area contributed by atoms with Crippen LogP contribution < -0.4 is 0 Å². The first-order valence-corrected chi connectivity index (χ1v) is 10.4. The minimum absolute atomic E-state index is 0.182. The summed E-state index contributed by atoms with van der Waals surface area (Å²) in [5.41, 5.74) is 2.18. The molecule has 3 heterocycles. The predicted octanol–water partition coefficient (Wildman–Crippen LogP) is 5.19. The number of thiophene rings is 1. The Morgan fingerprint density at radius 3 is 2.62 bits per heavy atom. The molecule has 26 heavy (non-hydrogen) atoms. The Labute approximate surface area is 158 Å². The molecule has 0 radical (unpaired) electrons. The van der Waals surface area contributed by atoms with E-state index in [1.165, 1.54) is 12.8 Å². The van der Waals surface area contributed by atoms with Gasteiger partial charge in [-0.3, -0.25) is 4.79 Å². The standard InChI is InChI=1S/C21H25N3OS/c1-2-13-24-17-10-6-5-9-16(17)22-20(24)18-11-12-19(26-18)21(25)23-14-7-3-4-8-15-23/h5-6,9-12H,2-4,7-8,13-15H2,1H3. The molecular weight excluding hydrogens is 342 g/mol. The first kappa shape index (κ1) is 17.3. The van der Waals surface area contributed by atoms with Crippen molar-refractivity contribution in [3.05, 3.63) is 41.3 Å². The van der Waals surface area contributed by atoms with E-state index in [2.05, 4.69) is 35.8 Å². The first-order valence-electron chi connectivity index (χ1n) is 9.62. The highest BCUT2D eigenvalue weighted by atomic mass is 32.1. The Hall–Kier alpha value is -2.14. The van der Waals surface area contributed by atoms with Crippen LogP contribution in [0.5, 0.6) is 0 Å². The third kappa shape index (κ3) is 3.28. The fourth-order valence-corrected chi connectivity index (χ4v) is 4.69. The van der Waals surface area contributed by atoms with Gasteiger partial charge in [0.25, 0.3) is 5.91 Å². The molecule has 0 spiro atoms. The molecule has 1 saturated heterocycles. The van der Waals surface area contributed by atoms with E-state index in [1.54, 1.807) is 11.3 Å². The lowest BCUT2D eigenvalue weighted by molar-refractivity contribution is 0.0766. The quantitative estimate of drug-likeness (QED) is 0.636. The summed E-state index contributed by atoms with van der Waals surface area (Å²) in [6.45, 7) is 4.89. The number of carbonyl (C=O) groups excluding carboxylic acids is 1. The van der Waals surface area contributed by atoms with Gasteiger partial charge in [-0.25, -0.2) is 4.98 Å². The molecule has 1 aromatic carbocycles. The molecular formula is C21H25N3OS. The van der Waals surface area contributed by atoms with Gasteiger partial charge in [-0.15, -0.1) is 11.3 Å². The molecule has 0 N–H and O–H groups in total. The van der Waals surface area contributed by atoms with Crippen molar-refractivity contribution in [1.82, 2.24) is 14.5 Å². The number of hydrogen-bond donors (Lipinski definition) is 0. The van der Waals surface area contributed by atoms with E-state index in [1.807, 2.05) is 17.0 Å². The van der Waals surface area contributed by atoms with Gasteiger partial charge in [-0.2, -0.15) is 0 Å². The third-order valence-corrected chi connectivity index (χ3v) is 6.10. The molecule has 1 aliphatic heterocycles. The molecule has 1 aliphatic rings. The third-order valence-electron chi connectivity index (χ3n) is 5.03. The van der Waals surface area contributed by atoms with Gasteiger partial charge in [-0.1, -0.05) is 31.9 Å². The lowest BCUT2D eigenvalue weighted by Crippen LogP contribution is -2.31. The number of rotatable bonds is 4. The first-order chi connectivity index (χ1) is 12.8. The maximum Gasteiger partial charge on any atom is 0.263 e. The maximum atomic E-state index is 12.9. The maximum absolute atomic E-state index is 12.9. The monoisotopic (exact) mass is 367 g/mol. The molecule has 4 rings (SSSR count). The number of benzene rings is 1. The number of aromatic nitrogens is 2. The van der Waals surface area contributed by atoms with Crippen LogP contribution in [0.3, 0.4) is 0 Å². The van der Waals surface area contributed by atoms with E-state index in [9.17, 15) is 4.79 Å². The van der Waals surface area contributed by atoms with Crippen LogP contribution in [0.25, 0.3) is 21.7 Å². The highest BCUT2D eigenvalue weighted by Gasteiger charge is 2.21. The van der Waals surface area contributed by atoms with Crippen LogP contribution in [-0.4, -0.2) is 33.4 Å². The summed E-state index contributed by atoms with van der Waals surface area (Å²) < 4.78 is 2.28. The molecule has 2 aromatic heterocycles. The number of likely N-dealkylation sites (tertiary alicyclic amines) is 1. The van der Waals surface area contributed by atoms with Gasteiger partial charge in [0, 0.05) is 19.6 Å². The second kappa shape index (κ2) is 7.62. The zero-order valence-corrected chi connectivity index (χ0v) is 16.1. The van der Waals surface area contributed by atoms with E-state index in [0.717, 1.165) is 65.5 Å². The van der Waals surface area contributed by atoms with Gasteiger partial charge in [0.2, 0.25) is 0 Å². The topological polar surface area (TPSA) is 38.1 Å². The number of aryl methyl sites for hydroxylation is 1. The normalized spacial score (nSPS) is 15.3. The van der Waals surface area contributed by atoms with Gasteiger partial charge in [0.15, 0.2) is 5.82 Å². The summed E-state index contributed by atoms with van der Waals surface area (Å²) in [6.07, 6.45) is 5.77. The van der Waals surface area contributed by atoms with Crippen molar-refractivity contribution in [3.8, 4) is 10.7 Å². The minimum Gasteiger partial charge on any atom is -0.338 e. The van der Waals surface area contributed by atoms with Crippen LogP contribution >= 0.6 is 11.3 Å². The molecule has 3 aromatic rings. The van der Waals surface area contributed by atoms with E-state index in [-0.39, 0.29) is 5.91 Å². The van der Waals surface area contributed by atoms with Crippen molar-refractivity contribution >= 4 is 28.3 Å². The average molecular weight is 368 g/mol. The van der Waals surface area contributed by atoms with Crippen molar-refractivity contribution in [2.24, 2.45) is 0 Å². The highest BCUT2D eigenvalue weighted by Crippen LogP contribution is 2.31. The summed E-state index contributed by atoms with van der Waals surface area (Å²) in [6, 6.07) is 12.3. The van der Waals surface area contributed by atoms with E-state index in [0.29, 0.717) is 0 Å². The average Bonchev–Trinajstić information content (AvgIpc) is 3.18. The Morgan fingerprint density at radius 1 is 1.08 bits per heavy atom. The van der Waals surface area contributed by atoms with Crippen molar-refractivity contribution < 1.29 is 4.79 Å². The summed E-state index contributed by atoms with van der Waals surface area (Å²) in [4.78, 5) is 21.7. The van der Waals surface area contributed by atoms with E-state index in [4.69, 9.17) is 4.98 Å². The highest BCUT2D eigenvalue weighted by molar-refractivity contribution is 7.17. The van der Waals surface area contributed by atoms with Crippen LogP contribution in [0.15, 0.2) is 36.4 Å². The van der Waals surface area contributed by atoms with Gasteiger partial charge in [0.1, 0.15) is 0 Å². The lowest BCUT2D eigenvalue weighted by atomic mass is 10.2. The second-order valence-corrected chi connectivity index (χ2v) is 8.03. The molecule has 0 atom stereocenters. The van der Waals surface area contributed by atoms with Gasteiger partial charge in [0.05, 0.1) is 20.8 Å². The van der Waals surface area contributed by atoms with Crippen LogP contribution in [0.4, 0.5) is 0 Å². The Morgan fingerprint density at radius 2 is 1.85 bits per heavy atom. The number of imidazole rings is 1.